The van der Waals surface area contributed by atoms with Crippen molar-refractivity contribution >= 4 is 56.5 Å². The number of halogens is 1. The molecule has 0 fully saturated rings. The maximum Gasteiger partial charge on any atom is 0.349 e. The van der Waals surface area contributed by atoms with Gasteiger partial charge in [0.2, 0.25) is 0 Å². The lowest BCUT2D eigenvalue weighted by Gasteiger charge is -2.03. The van der Waals surface area contributed by atoms with Crippen molar-refractivity contribution < 1.29 is 34.4 Å². The van der Waals surface area contributed by atoms with Crippen LogP contribution in [0.1, 0.15) is 19.3 Å². The predicted molar refractivity (Wildman–Crippen MR) is 82.4 cm³/mol. The highest BCUT2D eigenvalue weighted by molar-refractivity contribution is 9.10. The first-order valence-corrected chi connectivity index (χ1v) is 8.02. The van der Waals surface area contributed by atoms with Crippen molar-refractivity contribution in [3.63, 3.8) is 0 Å². The Labute approximate surface area is 139 Å². The molecular weight excluding hydrogens is 400 g/mol. The average Bonchev–Trinajstić information content (AvgIpc) is 3.01. The Morgan fingerprint density at radius 2 is 1.86 bits per heavy atom. The summed E-state index contributed by atoms with van der Waals surface area (Å²) in [4.78, 5) is 33.1. The lowest BCUT2D eigenvalue weighted by atomic mass is 10.2. The smallest absolute Gasteiger partial charge is 0.349 e. The van der Waals surface area contributed by atoms with Gasteiger partial charge in [-0.2, -0.15) is 0 Å². The van der Waals surface area contributed by atoms with E-state index in [1.165, 1.54) is 6.07 Å². The van der Waals surface area contributed by atoms with Gasteiger partial charge in [-0.05, 0) is 22.0 Å². The maximum atomic E-state index is 11.2. The lowest BCUT2D eigenvalue weighted by Crippen LogP contribution is -2.11. The summed E-state index contributed by atoms with van der Waals surface area (Å²) in [5.74, 6) is -3.66. The van der Waals surface area contributed by atoms with Gasteiger partial charge >= 0.3 is 17.9 Å². The zero-order chi connectivity index (χ0) is 16.4. The maximum absolute atomic E-state index is 11.2. The monoisotopic (exact) mass is 406 g/mol. The Hall–Kier alpha value is -1.91. The Balaban J connectivity index is 2.47. The predicted octanol–water partition coefficient (Wildman–Crippen LogP) is 3.10. The minimum Gasteiger partial charge on any atom is -0.479 e. The van der Waals surface area contributed by atoms with E-state index in [2.05, 4.69) is 15.9 Å². The molecule has 116 valence electrons. The van der Waals surface area contributed by atoms with Gasteiger partial charge in [-0.15, -0.1) is 22.7 Å². The zero-order valence-electron chi connectivity index (χ0n) is 10.5. The van der Waals surface area contributed by atoms with Crippen LogP contribution < -0.4 is 4.74 Å². The van der Waals surface area contributed by atoms with Crippen LogP contribution >= 0.6 is 38.6 Å². The summed E-state index contributed by atoms with van der Waals surface area (Å²) in [7, 11) is 0. The van der Waals surface area contributed by atoms with Crippen molar-refractivity contribution in [2.45, 2.75) is 0 Å². The second-order valence-corrected chi connectivity index (χ2v) is 6.62. The molecule has 22 heavy (non-hydrogen) atoms. The van der Waals surface area contributed by atoms with E-state index in [-0.39, 0.29) is 20.0 Å². The molecule has 7 nitrogen and oxygen atoms in total. The van der Waals surface area contributed by atoms with Gasteiger partial charge in [0.1, 0.15) is 4.88 Å². The summed E-state index contributed by atoms with van der Waals surface area (Å²) < 4.78 is 5.30. The Morgan fingerprint density at radius 1 is 1.18 bits per heavy atom. The summed E-state index contributed by atoms with van der Waals surface area (Å²) >= 11 is 5.07. The molecule has 0 radical (unpaired) electrons. The van der Waals surface area contributed by atoms with Gasteiger partial charge in [0.25, 0.3) is 0 Å². The molecule has 0 aliphatic rings. The number of carbonyl (C=O) groups is 3. The van der Waals surface area contributed by atoms with Gasteiger partial charge in [0, 0.05) is 10.9 Å². The van der Waals surface area contributed by atoms with Crippen LogP contribution in [0, 0.1) is 0 Å². The van der Waals surface area contributed by atoms with Crippen LogP contribution in [0.5, 0.6) is 5.75 Å². The highest BCUT2D eigenvalue weighted by Crippen LogP contribution is 2.46. The van der Waals surface area contributed by atoms with E-state index in [0.717, 1.165) is 22.7 Å². The fourth-order valence-electron chi connectivity index (χ4n) is 1.55. The molecule has 2 aromatic heterocycles. The molecule has 0 spiro atoms. The van der Waals surface area contributed by atoms with Gasteiger partial charge in [0.15, 0.2) is 17.2 Å². The number of carboxylic acid groups (broad SMARTS) is 3. The van der Waals surface area contributed by atoms with E-state index in [9.17, 15) is 19.5 Å². The fourth-order valence-corrected chi connectivity index (χ4v) is 4.24. The molecule has 0 bridgehead atoms. The standard InChI is InChI=1S/C12H7BrO7S2/c13-7-8(20-2-6(14)15)10(12(18)19)22-9(7)4-1-5(11(16)17)21-3-4/h1,3H,2H2,(H,14,15)(H,16,17)(H,18,19). The summed E-state index contributed by atoms with van der Waals surface area (Å²) in [5.41, 5.74) is 0.520. The van der Waals surface area contributed by atoms with Gasteiger partial charge in [-0.1, -0.05) is 0 Å². The minimum atomic E-state index is -1.26. The molecule has 10 heteroatoms. The largest absolute Gasteiger partial charge is 0.479 e. The molecule has 0 saturated carbocycles. The molecule has 0 aliphatic carbocycles. The van der Waals surface area contributed by atoms with Crippen LogP contribution in [-0.4, -0.2) is 39.8 Å². The molecule has 3 N–H and O–H groups in total. The average molecular weight is 407 g/mol. The van der Waals surface area contributed by atoms with Gasteiger partial charge < -0.3 is 20.1 Å². The minimum absolute atomic E-state index is 0.0852. The number of rotatable bonds is 6. The number of ether oxygens (including phenoxy) is 1. The molecule has 0 aliphatic heterocycles. The number of aliphatic carboxylic acids is 1. The molecule has 2 heterocycles. The van der Waals surface area contributed by atoms with Gasteiger partial charge in [0.05, 0.1) is 9.35 Å². The van der Waals surface area contributed by atoms with E-state index in [1.807, 2.05) is 0 Å². The topological polar surface area (TPSA) is 121 Å². The second-order valence-electron chi connectivity index (χ2n) is 3.90. The quantitative estimate of drug-likeness (QED) is 0.673. The summed E-state index contributed by atoms with van der Waals surface area (Å²) in [6.07, 6.45) is 0. The molecule has 0 amide bonds. The van der Waals surface area contributed by atoms with Crippen molar-refractivity contribution in [1.29, 1.82) is 0 Å². The SMILES string of the molecule is O=C(O)COc1c(C(=O)O)sc(-c2csc(C(=O)O)c2)c1Br. The molecule has 2 rings (SSSR count). The highest BCUT2D eigenvalue weighted by atomic mass is 79.9. The fraction of sp³-hybridized carbons (Fsp3) is 0.0833. The van der Waals surface area contributed by atoms with Crippen LogP contribution in [0.3, 0.4) is 0 Å². The summed E-state index contributed by atoms with van der Waals surface area (Å²) in [6.45, 7) is -0.681. The number of aromatic carboxylic acids is 2. The van der Waals surface area contributed by atoms with Crippen LogP contribution in [0.25, 0.3) is 10.4 Å². The molecule has 0 aromatic carbocycles. The Kier molecular flexibility index (Phi) is 4.84. The first-order valence-electron chi connectivity index (χ1n) is 5.53. The first-order chi connectivity index (χ1) is 10.3. The second kappa shape index (κ2) is 6.46. The van der Waals surface area contributed by atoms with E-state index < -0.39 is 24.5 Å². The first kappa shape index (κ1) is 16.5. The van der Waals surface area contributed by atoms with E-state index in [4.69, 9.17) is 14.9 Å². The van der Waals surface area contributed by atoms with Crippen LogP contribution in [0.4, 0.5) is 0 Å². The van der Waals surface area contributed by atoms with Crippen molar-refractivity contribution in [3.05, 3.63) is 25.7 Å². The van der Waals surface area contributed by atoms with Crippen molar-refractivity contribution in [3.8, 4) is 16.2 Å². The molecule has 0 saturated heterocycles. The normalized spacial score (nSPS) is 10.4. The van der Waals surface area contributed by atoms with E-state index >= 15 is 0 Å². The Morgan fingerprint density at radius 3 is 2.36 bits per heavy atom. The van der Waals surface area contributed by atoms with E-state index in [0.29, 0.717) is 10.4 Å². The third-order valence-electron chi connectivity index (χ3n) is 2.42. The molecular formula is C12H7BrO7S2. The highest BCUT2D eigenvalue weighted by Gasteiger charge is 2.25. The van der Waals surface area contributed by atoms with Crippen molar-refractivity contribution in [2.24, 2.45) is 0 Å². The Bertz CT molecular complexity index is 762. The number of thiophene rings is 2. The van der Waals surface area contributed by atoms with Gasteiger partial charge in [-0.3, -0.25) is 0 Å². The summed E-state index contributed by atoms with van der Waals surface area (Å²) in [6, 6.07) is 1.41. The lowest BCUT2D eigenvalue weighted by molar-refractivity contribution is -0.139. The van der Waals surface area contributed by atoms with Crippen LogP contribution in [0.15, 0.2) is 15.9 Å². The summed E-state index contributed by atoms with van der Waals surface area (Å²) in [5, 5.41) is 28.3. The zero-order valence-corrected chi connectivity index (χ0v) is 13.7. The molecule has 0 atom stereocenters. The number of carboxylic acids is 3. The molecule has 0 unspecified atom stereocenters. The molecule has 2 aromatic rings. The number of hydrogen-bond donors (Lipinski definition) is 3. The third kappa shape index (κ3) is 3.29. The third-order valence-corrected chi connectivity index (χ3v) is 5.56. The van der Waals surface area contributed by atoms with E-state index in [1.54, 1.807) is 5.38 Å². The van der Waals surface area contributed by atoms with Crippen molar-refractivity contribution in [2.75, 3.05) is 6.61 Å². The van der Waals surface area contributed by atoms with Crippen LogP contribution in [-0.2, 0) is 4.79 Å². The van der Waals surface area contributed by atoms with Crippen molar-refractivity contribution in [1.82, 2.24) is 0 Å². The number of hydrogen-bond acceptors (Lipinski definition) is 6. The van der Waals surface area contributed by atoms with Gasteiger partial charge in [-0.25, -0.2) is 14.4 Å². The van der Waals surface area contributed by atoms with Crippen LogP contribution in [0.2, 0.25) is 0 Å².